The van der Waals surface area contributed by atoms with Crippen LogP contribution in [0.2, 0.25) is 5.02 Å². The molecule has 0 aromatic heterocycles. The van der Waals surface area contributed by atoms with Crippen molar-refractivity contribution in [3.05, 3.63) is 34.3 Å². The van der Waals surface area contributed by atoms with E-state index in [2.05, 4.69) is 5.32 Å². The van der Waals surface area contributed by atoms with Crippen LogP contribution in [0.5, 0.6) is 0 Å². The SMILES string of the molecule is O=C(C1CC(O)CN1)N1CCc2c(Cl)cccc2C1. The molecule has 2 heterocycles. The number of nitrogens with zero attached hydrogens (tertiary/aromatic N) is 1. The number of rotatable bonds is 1. The van der Waals surface area contributed by atoms with Gasteiger partial charge in [-0.15, -0.1) is 0 Å². The van der Waals surface area contributed by atoms with Crippen LogP contribution in [0.4, 0.5) is 0 Å². The monoisotopic (exact) mass is 280 g/mol. The van der Waals surface area contributed by atoms with E-state index in [1.54, 1.807) is 0 Å². The van der Waals surface area contributed by atoms with Crippen molar-refractivity contribution in [2.75, 3.05) is 13.1 Å². The summed E-state index contributed by atoms with van der Waals surface area (Å²) in [5.74, 6) is 0.0853. The third-order valence-electron chi connectivity index (χ3n) is 3.93. The highest BCUT2D eigenvalue weighted by Crippen LogP contribution is 2.26. The van der Waals surface area contributed by atoms with Gasteiger partial charge < -0.3 is 15.3 Å². The molecular formula is C14H17ClN2O2. The smallest absolute Gasteiger partial charge is 0.240 e. The van der Waals surface area contributed by atoms with Gasteiger partial charge in [-0.25, -0.2) is 0 Å². The van der Waals surface area contributed by atoms with Crippen molar-refractivity contribution >= 4 is 17.5 Å². The number of carbonyl (C=O) groups is 1. The van der Waals surface area contributed by atoms with Crippen molar-refractivity contribution in [2.45, 2.75) is 31.5 Å². The summed E-state index contributed by atoms with van der Waals surface area (Å²) in [5.41, 5.74) is 2.29. The highest BCUT2D eigenvalue weighted by Gasteiger charge is 2.32. The normalized spacial score (nSPS) is 26.3. The number of halogens is 1. The molecule has 3 rings (SSSR count). The predicted molar refractivity (Wildman–Crippen MR) is 73.0 cm³/mol. The number of nitrogens with one attached hydrogen (secondary N) is 1. The highest BCUT2D eigenvalue weighted by molar-refractivity contribution is 6.31. The van der Waals surface area contributed by atoms with E-state index in [4.69, 9.17) is 11.6 Å². The van der Waals surface area contributed by atoms with Crippen molar-refractivity contribution in [1.29, 1.82) is 0 Å². The van der Waals surface area contributed by atoms with Gasteiger partial charge >= 0.3 is 0 Å². The summed E-state index contributed by atoms with van der Waals surface area (Å²) in [4.78, 5) is 14.2. The quantitative estimate of drug-likeness (QED) is 0.805. The summed E-state index contributed by atoms with van der Waals surface area (Å²) in [7, 11) is 0. The first-order valence-electron chi connectivity index (χ1n) is 6.61. The standard InChI is InChI=1S/C14H17ClN2O2/c15-12-3-1-2-9-8-17(5-4-11(9)12)14(19)13-6-10(18)7-16-13/h1-3,10,13,16,18H,4-8H2. The molecule has 0 spiro atoms. The summed E-state index contributed by atoms with van der Waals surface area (Å²) in [5, 5.41) is 13.4. The number of benzene rings is 1. The van der Waals surface area contributed by atoms with Crippen molar-refractivity contribution in [3.8, 4) is 0 Å². The molecule has 2 atom stereocenters. The number of amides is 1. The lowest BCUT2D eigenvalue weighted by Gasteiger charge is -2.31. The maximum absolute atomic E-state index is 12.4. The zero-order valence-corrected chi connectivity index (χ0v) is 11.4. The molecule has 2 N–H and O–H groups in total. The average Bonchev–Trinajstić information content (AvgIpc) is 2.84. The molecule has 0 saturated carbocycles. The molecule has 4 nitrogen and oxygen atoms in total. The van der Waals surface area contributed by atoms with Gasteiger partial charge in [0.05, 0.1) is 12.1 Å². The van der Waals surface area contributed by atoms with Gasteiger partial charge in [0.15, 0.2) is 0 Å². The van der Waals surface area contributed by atoms with E-state index in [9.17, 15) is 9.90 Å². The third kappa shape index (κ3) is 2.48. The van der Waals surface area contributed by atoms with Crippen molar-refractivity contribution in [2.24, 2.45) is 0 Å². The number of hydrogen-bond donors (Lipinski definition) is 2. The fraction of sp³-hybridized carbons (Fsp3) is 0.500. The fourth-order valence-electron chi connectivity index (χ4n) is 2.88. The second-order valence-corrected chi connectivity index (χ2v) is 5.64. The molecule has 2 aliphatic heterocycles. The molecule has 1 aromatic carbocycles. The number of carbonyl (C=O) groups excluding carboxylic acids is 1. The molecule has 1 amide bonds. The van der Waals surface area contributed by atoms with E-state index in [1.165, 1.54) is 0 Å². The second-order valence-electron chi connectivity index (χ2n) is 5.24. The minimum Gasteiger partial charge on any atom is -0.392 e. The largest absolute Gasteiger partial charge is 0.392 e. The number of β-amino-alcohol motifs (C(OH)–C–C–N with tert-alkyl or cyclic N) is 1. The molecule has 19 heavy (non-hydrogen) atoms. The zero-order valence-electron chi connectivity index (χ0n) is 10.6. The van der Waals surface area contributed by atoms with E-state index < -0.39 is 6.10 Å². The van der Waals surface area contributed by atoms with Crippen LogP contribution in [0.15, 0.2) is 18.2 Å². The van der Waals surface area contributed by atoms with E-state index in [0.29, 0.717) is 26.1 Å². The molecule has 0 radical (unpaired) electrons. The van der Waals surface area contributed by atoms with Crippen molar-refractivity contribution in [3.63, 3.8) is 0 Å². The first-order chi connectivity index (χ1) is 9.15. The van der Waals surface area contributed by atoms with E-state index in [-0.39, 0.29) is 11.9 Å². The van der Waals surface area contributed by atoms with Gasteiger partial charge in [0.25, 0.3) is 0 Å². The molecule has 1 fully saturated rings. The minimum atomic E-state index is -0.402. The summed E-state index contributed by atoms with van der Waals surface area (Å²) >= 11 is 6.17. The molecular weight excluding hydrogens is 264 g/mol. The van der Waals surface area contributed by atoms with Crippen LogP contribution < -0.4 is 5.32 Å². The van der Waals surface area contributed by atoms with Gasteiger partial charge in [-0.1, -0.05) is 23.7 Å². The average molecular weight is 281 g/mol. The van der Waals surface area contributed by atoms with Crippen LogP contribution in [0, 0.1) is 0 Å². The van der Waals surface area contributed by atoms with Gasteiger partial charge in [0, 0.05) is 24.7 Å². The Hall–Kier alpha value is -1.10. The van der Waals surface area contributed by atoms with Gasteiger partial charge in [0.1, 0.15) is 0 Å². The van der Waals surface area contributed by atoms with Gasteiger partial charge in [-0.3, -0.25) is 4.79 Å². The van der Waals surface area contributed by atoms with Crippen molar-refractivity contribution in [1.82, 2.24) is 10.2 Å². The summed E-state index contributed by atoms with van der Waals surface area (Å²) in [6.45, 7) is 1.82. The van der Waals surface area contributed by atoms with Gasteiger partial charge in [-0.05, 0) is 30.0 Å². The Kier molecular flexibility index (Phi) is 3.48. The van der Waals surface area contributed by atoms with Crippen LogP contribution in [0.1, 0.15) is 17.5 Å². The molecule has 2 unspecified atom stereocenters. The first-order valence-corrected chi connectivity index (χ1v) is 6.99. The Bertz CT molecular complexity index is 506. The molecule has 5 heteroatoms. The maximum atomic E-state index is 12.4. The minimum absolute atomic E-state index is 0.0853. The van der Waals surface area contributed by atoms with Crippen LogP contribution >= 0.6 is 11.6 Å². The molecule has 0 aliphatic carbocycles. The lowest BCUT2D eigenvalue weighted by Crippen LogP contribution is -2.45. The van der Waals surface area contributed by atoms with Crippen LogP contribution in [0.3, 0.4) is 0 Å². The number of aliphatic hydroxyl groups excluding tert-OH is 1. The maximum Gasteiger partial charge on any atom is 0.240 e. The topological polar surface area (TPSA) is 52.6 Å². The van der Waals surface area contributed by atoms with Gasteiger partial charge in [-0.2, -0.15) is 0 Å². The van der Waals surface area contributed by atoms with E-state index in [1.807, 2.05) is 23.1 Å². The van der Waals surface area contributed by atoms with Crippen LogP contribution in [-0.2, 0) is 17.8 Å². The van der Waals surface area contributed by atoms with Crippen LogP contribution in [0.25, 0.3) is 0 Å². The number of aliphatic hydroxyl groups is 1. The van der Waals surface area contributed by atoms with Crippen LogP contribution in [-0.4, -0.2) is 41.1 Å². The highest BCUT2D eigenvalue weighted by atomic mass is 35.5. The van der Waals surface area contributed by atoms with E-state index in [0.717, 1.165) is 22.6 Å². The van der Waals surface area contributed by atoms with E-state index >= 15 is 0 Å². The fourth-order valence-corrected chi connectivity index (χ4v) is 3.17. The Balaban J connectivity index is 1.73. The Morgan fingerprint density at radius 1 is 1.47 bits per heavy atom. The summed E-state index contributed by atoms with van der Waals surface area (Å²) in [6.07, 6.45) is 0.911. The Morgan fingerprint density at radius 2 is 2.32 bits per heavy atom. The number of hydrogen-bond acceptors (Lipinski definition) is 3. The molecule has 102 valence electrons. The Labute approximate surface area is 117 Å². The lowest BCUT2D eigenvalue weighted by molar-refractivity contribution is -0.134. The lowest BCUT2D eigenvalue weighted by atomic mass is 9.99. The predicted octanol–water partition coefficient (Wildman–Crippen LogP) is 0.948. The summed E-state index contributed by atoms with van der Waals surface area (Å²) in [6, 6.07) is 5.60. The Morgan fingerprint density at radius 3 is 3.05 bits per heavy atom. The first kappa shape index (κ1) is 12.9. The van der Waals surface area contributed by atoms with Crippen molar-refractivity contribution < 1.29 is 9.90 Å². The second kappa shape index (κ2) is 5.12. The third-order valence-corrected chi connectivity index (χ3v) is 4.28. The molecule has 1 saturated heterocycles. The summed E-state index contributed by atoms with van der Waals surface area (Å²) < 4.78 is 0. The van der Waals surface area contributed by atoms with Gasteiger partial charge in [0.2, 0.25) is 5.91 Å². The number of fused-ring (bicyclic) bond motifs is 1. The molecule has 0 bridgehead atoms. The molecule has 2 aliphatic rings. The molecule has 1 aromatic rings. The zero-order chi connectivity index (χ0) is 13.4.